The molecule has 2 aromatic rings. The molecule has 0 radical (unpaired) electrons. The molecule has 0 aliphatic carbocycles. The molecule has 1 aromatic carbocycles. The van der Waals surface area contributed by atoms with E-state index in [1.807, 2.05) is 0 Å². The van der Waals surface area contributed by atoms with Crippen molar-refractivity contribution in [3.8, 4) is 0 Å². The molecule has 5 nitrogen and oxygen atoms in total. The normalized spacial score (nSPS) is 10.6. The van der Waals surface area contributed by atoms with Gasteiger partial charge in [0.25, 0.3) is 5.69 Å². The third-order valence-corrected chi connectivity index (χ3v) is 2.84. The van der Waals surface area contributed by atoms with Crippen molar-refractivity contribution in [1.29, 1.82) is 0 Å². The quantitative estimate of drug-likeness (QED) is 0.426. The van der Waals surface area contributed by atoms with Crippen LogP contribution < -0.4 is 11.5 Å². The summed E-state index contributed by atoms with van der Waals surface area (Å²) < 4.78 is 0.571. The van der Waals surface area contributed by atoms with Crippen LogP contribution >= 0.6 is 11.3 Å². The molecule has 0 saturated carbocycles. The molecule has 6 heteroatoms. The summed E-state index contributed by atoms with van der Waals surface area (Å²) in [5.41, 5.74) is 11.5. The molecule has 72 valence electrons. The number of nitrogen functional groups attached to an aromatic ring is 2. The number of rotatable bonds is 1. The van der Waals surface area contributed by atoms with Gasteiger partial charge in [0.15, 0.2) is 0 Å². The minimum atomic E-state index is -0.450. The van der Waals surface area contributed by atoms with E-state index < -0.39 is 4.92 Å². The predicted molar refractivity (Wildman–Crippen MR) is 57.3 cm³/mol. The van der Waals surface area contributed by atoms with Gasteiger partial charge in [-0.25, -0.2) is 0 Å². The van der Waals surface area contributed by atoms with Gasteiger partial charge in [-0.05, 0) is 12.1 Å². The monoisotopic (exact) mass is 209 g/mol. The van der Waals surface area contributed by atoms with E-state index in [1.54, 1.807) is 12.1 Å². The summed E-state index contributed by atoms with van der Waals surface area (Å²) >= 11 is 1.20. The van der Waals surface area contributed by atoms with Gasteiger partial charge in [0, 0.05) is 17.1 Å². The van der Waals surface area contributed by atoms with Gasteiger partial charge in [0.2, 0.25) is 0 Å². The third kappa shape index (κ3) is 1.25. The van der Waals surface area contributed by atoms with E-state index in [-0.39, 0.29) is 5.69 Å². The lowest BCUT2D eigenvalue weighted by atomic mass is 10.2. The molecule has 0 aliphatic rings. The average molecular weight is 209 g/mol. The first kappa shape index (κ1) is 8.76. The number of nitro groups is 1. The van der Waals surface area contributed by atoms with Crippen LogP contribution in [-0.4, -0.2) is 4.92 Å². The van der Waals surface area contributed by atoms with Crippen molar-refractivity contribution < 1.29 is 4.92 Å². The molecule has 0 atom stereocenters. The van der Waals surface area contributed by atoms with Crippen LogP contribution in [0, 0.1) is 10.1 Å². The number of nitrogens with zero attached hydrogens (tertiary/aromatic N) is 1. The summed E-state index contributed by atoms with van der Waals surface area (Å²) in [7, 11) is 0. The molecule has 0 aliphatic heterocycles. The van der Waals surface area contributed by atoms with Gasteiger partial charge >= 0.3 is 0 Å². The van der Waals surface area contributed by atoms with Crippen LogP contribution in [0.25, 0.3) is 10.1 Å². The lowest BCUT2D eigenvalue weighted by Crippen LogP contribution is -1.91. The molecular weight excluding hydrogens is 202 g/mol. The van der Waals surface area contributed by atoms with Gasteiger partial charge < -0.3 is 11.5 Å². The molecule has 0 amide bonds. The second-order valence-corrected chi connectivity index (χ2v) is 3.95. The minimum absolute atomic E-state index is 0.0155. The Labute approximate surface area is 83.1 Å². The Hall–Kier alpha value is -1.82. The molecule has 1 aromatic heterocycles. The van der Waals surface area contributed by atoms with Crippen molar-refractivity contribution in [1.82, 2.24) is 0 Å². The van der Waals surface area contributed by atoms with Gasteiger partial charge in [-0.15, -0.1) is 11.3 Å². The number of nitro benzene ring substituents is 1. The first-order valence-electron chi connectivity index (χ1n) is 3.81. The molecule has 1 heterocycles. The lowest BCUT2D eigenvalue weighted by Gasteiger charge is -1.95. The number of benzene rings is 1. The summed E-state index contributed by atoms with van der Waals surface area (Å²) in [6.45, 7) is 0. The van der Waals surface area contributed by atoms with Crippen molar-refractivity contribution in [2.45, 2.75) is 0 Å². The van der Waals surface area contributed by atoms with Gasteiger partial charge in [0.05, 0.1) is 9.92 Å². The van der Waals surface area contributed by atoms with E-state index in [4.69, 9.17) is 11.5 Å². The fraction of sp³-hybridized carbons (Fsp3) is 0. The van der Waals surface area contributed by atoms with Crippen LogP contribution in [0.2, 0.25) is 0 Å². The largest absolute Gasteiger partial charge is 0.399 e. The maximum atomic E-state index is 10.7. The minimum Gasteiger partial charge on any atom is -0.399 e. The number of thiophene rings is 1. The first-order chi connectivity index (χ1) is 6.58. The number of anilines is 2. The zero-order chi connectivity index (χ0) is 10.3. The highest BCUT2D eigenvalue weighted by atomic mass is 32.1. The second kappa shape index (κ2) is 2.85. The molecule has 0 bridgehead atoms. The number of nitrogens with two attached hydrogens (primary N) is 2. The maximum Gasteiger partial charge on any atom is 0.289 e. The van der Waals surface area contributed by atoms with Crippen LogP contribution in [0.5, 0.6) is 0 Å². The summed E-state index contributed by atoms with van der Waals surface area (Å²) in [5.74, 6) is 0. The molecule has 4 N–H and O–H groups in total. The van der Waals surface area contributed by atoms with Gasteiger partial charge in [-0.2, -0.15) is 0 Å². The van der Waals surface area contributed by atoms with Crippen LogP contribution in [0.1, 0.15) is 0 Å². The number of non-ortho nitro benzene ring substituents is 1. The summed E-state index contributed by atoms with van der Waals surface area (Å²) in [5, 5.41) is 12.0. The Morgan fingerprint density at radius 3 is 2.64 bits per heavy atom. The molecule has 14 heavy (non-hydrogen) atoms. The highest BCUT2D eigenvalue weighted by Gasteiger charge is 2.15. The van der Waals surface area contributed by atoms with Crippen molar-refractivity contribution in [2.24, 2.45) is 0 Å². The van der Waals surface area contributed by atoms with Gasteiger partial charge in [-0.1, -0.05) is 0 Å². The summed E-state index contributed by atoms with van der Waals surface area (Å²) in [6.07, 6.45) is 0. The van der Waals surface area contributed by atoms with Gasteiger partial charge in [-0.3, -0.25) is 10.1 Å². The Morgan fingerprint density at radius 2 is 2.00 bits per heavy atom. The Bertz CT molecular complexity index is 521. The maximum absolute atomic E-state index is 10.7. The van der Waals surface area contributed by atoms with Crippen LogP contribution in [0.15, 0.2) is 18.2 Å². The number of fused-ring (bicyclic) bond motifs is 1. The van der Waals surface area contributed by atoms with E-state index in [0.29, 0.717) is 15.4 Å². The Kier molecular flexibility index (Phi) is 1.78. The first-order valence-corrected chi connectivity index (χ1v) is 4.62. The standard InChI is InChI=1S/C8H7N3O2S/c9-5-1-4-2-7(10)14-8(4)6(3-5)11(12)13/h1-3H,9-10H2. The number of hydrogen-bond donors (Lipinski definition) is 2. The fourth-order valence-electron chi connectivity index (χ4n) is 1.31. The topological polar surface area (TPSA) is 95.2 Å². The highest BCUT2D eigenvalue weighted by molar-refractivity contribution is 7.23. The molecule has 2 rings (SSSR count). The molecule has 0 saturated heterocycles. The zero-order valence-electron chi connectivity index (χ0n) is 7.06. The summed E-state index contributed by atoms with van der Waals surface area (Å²) in [4.78, 5) is 10.2. The summed E-state index contributed by atoms with van der Waals surface area (Å²) in [6, 6.07) is 4.71. The smallest absolute Gasteiger partial charge is 0.289 e. The zero-order valence-corrected chi connectivity index (χ0v) is 7.88. The van der Waals surface area contributed by atoms with Crippen molar-refractivity contribution >= 4 is 37.8 Å². The molecule has 0 spiro atoms. The average Bonchev–Trinajstić information content (AvgIpc) is 2.42. The van der Waals surface area contributed by atoms with Crippen LogP contribution in [0.3, 0.4) is 0 Å². The number of hydrogen-bond acceptors (Lipinski definition) is 5. The third-order valence-electron chi connectivity index (χ3n) is 1.83. The molecule has 0 unspecified atom stereocenters. The Morgan fingerprint density at radius 1 is 1.29 bits per heavy atom. The van der Waals surface area contributed by atoms with Crippen molar-refractivity contribution in [3.63, 3.8) is 0 Å². The van der Waals surface area contributed by atoms with Crippen LogP contribution in [0.4, 0.5) is 16.4 Å². The van der Waals surface area contributed by atoms with Crippen molar-refractivity contribution in [2.75, 3.05) is 11.5 Å². The lowest BCUT2D eigenvalue weighted by molar-refractivity contribution is -0.382. The molecular formula is C8H7N3O2S. The second-order valence-electron chi connectivity index (χ2n) is 2.86. The highest BCUT2D eigenvalue weighted by Crippen LogP contribution is 2.36. The van der Waals surface area contributed by atoms with Crippen molar-refractivity contribution in [3.05, 3.63) is 28.3 Å². The van der Waals surface area contributed by atoms with E-state index in [1.165, 1.54) is 17.4 Å². The van der Waals surface area contributed by atoms with Gasteiger partial charge in [0.1, 0.15) is 4.70 Å². The predicted octanol–water partition coefficient (Wildman–Crippen LogP) is 1.97. The van der Waals surface area contributed by atoms with Crippen LogP contribution in [-0.2, 0) is 0 Å². The van der Waals surface area contributed by atoms with E-state index in [9.17, 15) is 10.1 Å². The SMILES string of the molecule is Nc1cc([N+](=O)[O-])c2sc(N)cc2c1. The Balaban J connectivity index is 2.85. The molecule has 0 fully saturated rings. The van der Waals surface area contributed by atoms with E-state index in [2.05, 4.69) is 0 Å². The fourth-order valence-corrected chi connectivity index (χ4v) is 2.21. The van der Waals surface area contributed by atoms with E-state index in [0.717, 1.165) is 5.39 Å². The van der Waals surface area contributed by atoms with E-state index >= 15 is 0 Å².